The lowest BCUT2D eigenvalue weighted by molar-refractivity contribution is 0.0931. The number of nitrogens with one attached hydrogen (secondary N) is 1. The molecule has 1 N–H and O–H groups in total. The molecule has 1 aliphatic rings. The summed E-state index contributed by atoms with van der Waals surface area (Å²) in [4.78, 5) is 21.7. The number of hydrogen-bond acceptors (Lipinski definition) is 4. The zero-order chi connectivity index (χ0) is 17.2. The Labute approximate surface area is 146 Å². The summed E-state index contributed by atoms with van der Waals surface area (Å²) in [6, 6.07) is 11.6. The zero-order valence-electron chi connectivity index (χ0n) is 14.0. The number of hydrogen-bond donors (Lipinski definition) is 1. The number of aryl methyl sites for hydroxylation is 2. The van der Waals surface area contributed by atoms with Gasteiger partial charge in [-0.2, -0.15) is 0 Å². The molecule has 0 radical (unpaired) electrons. The SMILES string of the molecule is Cc1occc1C(=O)NC1CCCc2nc(-c3ccccc3)ncc21. The molecule has 0 saturated heterocycles. The normalized spacial score (nSPS) is 16.3. The number of rotatable bonds is 3. The van der Waals surface area contributed by atoms with Crippen molar-refractivity contribution < 1.29 is 9.21 Å². The number of benzene rings is 1. The fourth-order valence-corrected chi connectivity index (χ4v) is 3.28. The maximum atomic E-state index is 12.5. The number of carbonyl (C=O) groups excluding carboxylic acids is 1. The van der Waals surface area contributed by atoms with Crippen molar-refractivity contribution in [1.29, 1.82) is 0 Å². The Morgan fingerprint density at radius 1 is 1.24 bits per heavy atom. The van der Waals surface area contributed by atoms with E-state index in [0.717, 1.165) is 41.9 Å². The van der Waals surface area contributed by atoms with E-state index < -0.39 is 0 Å². The Morgan fingerprint density at radius 2 is 2.08 bits per heavy atom. The van der Waals surface area contributed by atoms with Gasteiger partial charge in [-0.25, -0.2) is 9.97 Å². The second-order valence-electron chi connectivity index (χ2n) is 6.27. The van der Waals surface area contributed by atoms with Crippen LogP contribution >= 0.6 is 0 Å². The van der Waals surface area contributed by atoms with Gasteiger partial charge < -0.3 is 9.73 Å². The Hall–Kier alpha value is -2.95. The molecule has 0 saturated carbocycles. The maximum absolute atomic E-state index is 12.5. The second kappa shape index (κ2) is 6.51. The quantitative estimate of drug-likeness (QED) is 0.790. The zero-order valence-corrected chi connectivity index (χ0v) is 14.0. The number of amides is 1. The van der Waals surface area contributed by atoms with Crippen LogP contribution in [0.25, 0.3) is 11.4 Å². The lowest BCUT2D eigenvalue weighted by atomic mass is 9.92. The van der Waals surface area contributed by atoms with Crippen LogP contribution in [0.1, 0.15) is 46.3 Å². The van der Waals surface area contributed by atoms with E-state index in [0.29, 0.717) is 11.3 Å². The summed E-state index contributed by atoms with van der Waals surface area (Å²) in [6.45, 7) is 1.79. The summed E-state index contributed by atoms with van der Waals surface area (Å²) in [7, 11) is 0. The predicted molar refractivity (Wildman–Crippen MR) is 94.1 cm³/mol. The Bertz CT molecular complexity index is 902. The fourth-order valence-electron chi connectivity index (χ4n) is 3.28. The molecule has 2 aromatic heterocycles. The fraction of sp³-hybridized carbons (Fsp3) is 0.250. The van der Waals surface area contributed by atoms with Crippen LogP contribution in [0, 0.1) is 6.92 Å². The molecule has 25 heavy (non-hydrogen) atoms. The summed E-state index contributed by atoms with van der Waals surface area (Å²) in [5.41, 5.74) is 3.62. The third kappa shape index (κ3) is 3.05. The molecule has 2 heterocycles. The minimum Gasteiger partial charge on any atom is -0.469 e. The van der Waals surface area contributed by atoms with Crippen LogP contribution in [-0.2, 0) is 6.42 Å². The molecule has 5 nitrogen and oxygen atoms in total. The smallest absolute Gasteiger partial charge is 0.255 e. The average molecular weight is 333 g/mol. The molecule has 0 bridgehead atoms. The van der Waals surface area contributed by atoms with Crippen molar-refractivity contribution in [2.45, 2.75) is 32.2 Å². The Morgan fingerprint density at radius 3 is 2.84 bits per heavy atom. The van der Waals surface area contributed by atoms with Gasteiger partial charge in [-0.05, 0) is 32.3 Å². The Kier molecular flexibility index (Phi) is 4.06. The van der Waals surface area contributed by atoms with Gasteiger partial charge in [0.2, 0.25) is 0 Å². The summed E-state index contributed by atoms with van der Waals surface area (Å²) in [6.07, 6.45) is 6.19. The highest BCUT2D eigenvalue weighted by atomic mass is 16.3. The topological polar surface area (TPSA) is 68.0 Å². The number of aromatic nitrogens is 2. The van der Waals surface area contributed by atoms with E-state index in [9.17, 15) is 4.79 Å². The summed E-state index contributed by atoms with van der Waals surface area (Å²) < 4.78 is 5.22. The van der Waals surface area contributed by atoms with Crippen LogP contribution in [0.4, 0.5) is 0 Å². The van der Waals surface area contributed by atoms with Gasteiger partial charge >= 0.3 is 0 Å². The van der Waals surface area contributed by atoms with Crippen LogP contribution in [0.5, 0.6) is 0 Å². The highest BCUT2D eigenvalue weighted by Crippen LogP contribution is 2.30. The van der Waals surface area contributed by atoms with E-state index in [1.54, 1.807) is 13.0 Å². The lowest BCUT2D eigenvalue weighted by Gasteiger charge is -2.25. The van der Waals surface area contributed by atoms with Crippen LogP contribution in [0.3, 0.4) is 0 Å². The van der Waals surface area contributed by atoms with Crippen molar-refractivity contribution in [3.05, 3.63) is 71.4 Å². The molecular weight excluding hydrogens is 314 g/mol. The second-order valence-corrected chi connectivity index (χ2v) is 6.27. The maximum Gasteiger partial charge on any atom is 0.255 e. The molecule has 1 amide bonds. The molecule has 0 fully saturated rings. The van der Waals surface area contributed by atoms with Gasteiger partial charge in [-0.3, -0.25) is 4.79 Å². The first kappa shape index (κ1) is 15.6. The van der Waals surface area contributed by atoms with E-state index in [-0.39, 0.29) is 11.9 Å². The molecule has 1 unspecified atom stereocenters. The standard InChI is InChI=1S/C20H19N3O2/c1-13-15(10-11-25-13)20(24)23-18-9-5-8-17-16(18)12-21-19(22-17)14-6-3-2-4-7-14/h2-4,6-7,10-12,18H,5,8-9H2,1H3,(H,23,24). The predicted octanol–water partition coefficient (Wildman–Crippen LogP) is 3.85. The van der Waals surface area contributed by atoms with E-state index in [1.807, 2.05) is 36.5 Å². The van der Waals surface area contributed by atoms with E-state index >= 15 is 0 Å². The molecule has 0 spiro atoms. The molecule has 126 valence electrons. The first-order chi connectivity index (χ1) is 12.2. The molecule has 4 rings (SSSR count). The van der Waals surface area contributed by atoms with Gasteiger partial charge in [-0.1, -0.05) is 30.3 Å². The summed E-state index contributed by atoms with van der Waals surface area (Å²) in [5.74, 6) is 1.25. The molecule has 1 atom stereocenters. The van der Waals surface area contributed by atoms with Crippen molar-refractivity contribution in [2.75, 3.05) is 0 Å². The van der Waals surface area contributed by atoms with Crippen molar-refractivity contribution in [3.63, 3.8) is 0 Å². The van der Waals surface area contributed by atoms with Gasteiger partial charge in [0.15, 0.2) is 5.82 Å². The summed E-state index contributed by atoms with van der Waals surface area (Å²) >= 11 is 0. The van der Waals surface area contributed by atoms with Crippen LogP contribution < -0.4 is 5.32 Å². The molecule has 1 aromatic carbocycles. The highest BCUT2D eigenvalue weighted by Gasteiger charge is 2.25. The van der Waals surface area contributed by atoms with Crippen molar-refractivity contribution >= 4 is 5.91 Å². The van der Waals surface area contributed by atoms with E-state index in [1.165, 1.54) is 6.26 Å². The van der Waals surface area contributed by atoms with E-state index in [4.69, 9.17) is 9.40 Å². The monoisotopic (exact) mass is 333 g/mol. The molecule has 1 aliphatic carbocycles. The van der Waals surface area contributed by atoms with Gasteiger partial charge in [0.1, 0.15) is 5.76 Å². The number of nitrogens with zero attached hydrogens (tertiary/aromatic N) is 2. The first-order valence-electron chi connectivity index (χ1n) is 8.48. The van der Waals surface area contributed by atoms with Crippen molar-refractivity contribution in [3.8, 4) is 11.4 Å². The van der Waals surface area contributed by atoms with Crippen LogP contribution in [0.15, 0.2) is 53.3 Å². The van der Waals surface area contributed by atoms with Crippen molar-refractivity contribution in [1.82, 2.24) is 15.3 Å². The van der Waals surface area contributed by atoms with Gasteiger partial charge in [-0.15, -0.1) is 0 Å². The van der Waals surface area contributed by atoms with Crippen molar-refractivity contribution in [2.24, 2.45) is 0 Å². The third-order valence-electron chi connectivity index (χ3n) is 4.62. The molecule has 3 aromatic rings. The van der Waals surface area contributed by atoms with Crippen LogP contribution in [-0.4, -0.2) is 15.9 Å². The Balaban J connectivity index is 1.60. The van der Waals surface area contributed by atoms with Crippen LogP contribution in [0.2, 0.25) is 0 Å². The third-order valence-corrected chi connectivity index (χ3v) is 4.62. The average Bonchev–Trinajstić information content (AvgIpc) is 3.08. The molecule has 5 heteroatoms. The molecular formula is C20H19N3O2. The van der Waals surface area contributed by atoms with Gasteiger partial charge in [0.25, 0.3) is 5.91 Å². The number of carbonyl (C=O) groups is 1. The minimum absolute atomic E-state index is 0.0598. The first-order valence-corrected chi connectivity index (χ1v) is 8.48. The summed E-state index contributed by atoms with van der Waals surface area (Å²) in [5, 5.41) is 3.10. The van der Waals surface area contributed by atoms with Gasteiger partial charge in [0.05, 0.1) is 17.9 Å². The lowest BCUT2D eigenvalue weighted by Crippen LogP contribution is -2.31. The number of fused-ring (bicyclic) bond motifs is 1. The minimum atomic E-state index is -0.115. The number of furan rings is 1. The highest BCUT2D eigenvalue weighted by molar-refractivity contribution is 5.95. The largest absolute Gasteiger partial charge is 0.469 e. The molecule has 0 aliphatic heterocycles. The van der Waals surface area contributed by atoms with Gasteiger partial charge in [0, 0.05) is 23.0 Å². The van der Waals surface area contributed by atoms with E-state index in [2.05, 4.69) is 10.3 Å².